The quantitative estimate of drug-likeness (QED) is 0.805. The molecule has 19 heavy (non-hydrogen) atoms. The van der Waals surface area contributed by atoms with Crippen LogP contribution in [-0.4, -0.2) is 31.0 Å². The summed E-state index contributed by atoms with van der Waals surface area (Å²) in [7, 11) is 1.36. The summed E-state index contributed by atoms with van der Waals surface area (Å²) in [5.41, 5.74) is 5.99. The Morgan fingerprint density at radius 2 is 2.21 bits per heavy atom. The molecule has 0 fully saturated rings. The summed E-state index contributed by atoms with van der Waals surface area (Å²) in [6.07, 6.45) is -1.99. The molecule has 0 aromatic heterocycles. The van der Waals surface area contributed by atoms with E-state index in [1.54, 1.807) is 6.92 Å². The van der Waals surface area contributed by atoms with Crippen LogP contribution in [0.25, 0.3) is 0 Å². The van der Waals surface area contributed by atoms with Crippen LogP contribution in [0.3, 0.4) is 0 Å². The normalized spacial score (nSPS) is 13.7. The molecule has 0 spiro atoms. The number of benzene rings is 1. The third-order valence-electron chi connectivity index (χ3n) is 2.48. The fourth-order valence-electron chi connectivity index (χ4n) is 1.48. The van der Waals surface area contributed by atoms with Gasteiger partial charge >= 0.3 is 5.97 Å². The van der Waals surface area contributed by atoms with E-state index in [-0.39, 0.29) is 18.1 Å². The molecule has 0 aliphatic rings. The number of carbonyl (C=O) groups excluding carboxylic acids is 1. The third-order valence-corrected chi connectivity index (χ3v) is 3.09. The number of hydrogen-bond donors (Lipinski definition) is 2. The van der Waals surface area contributed by atoms with Crippen LogP contribution < -0.4 is 10.5 Å². The number of nitrogens with two attached hydrogens (primary N) is 1. The zero-order valence-electron chi connectivity index (χ0n) is 10.5. The number of phenolic OH excluding ortho intramolecular Hbond substituents is 1. The Kier molecular flexibility index (Phi) is 5.56. The first-order chi connectivity index (χ1) is 8.92. The zero-order chi connectivity index (χ0) is 14.6. The summed E-state index contributed by atoms with van der Waals surface area (Å²) in [6.45, 7) is 1.66. The van der Waals surface area contributed by atoms with Gasteiger partial charge in [-0.25, -0.2) is 9.18 Å². The molecule has 1 aromatic carbocycles. The van der Waals surface area contributed by atoms with Crippen molar-refractivity contribution in [3.8, 4) is 11.5 Å². The maximum Gasteiger partial charge on any atom is 0.342 e. The summed E-state index contributed by atoms with van der Waals surface area (Å²) in [5.74, 6) is -1.00. The van der Waals surface area contributed by atoms with Crippen LogP contribution in [0.2, 0.25) is 0 Å². The second kappa shape index (κ2) is 6.72. The van der Waals surface area contributed by atoms with Crippen LogP contribution in [0.15, 0.2) is 16.6 Å². The summed E-state index contributed by atoms with van der Waals surface area (Å²) < 4.78 is 23.6. The summed E-state index contributed by atoms with van der Waals surface area (Å²) >= 11 is 3.10. The van der Waals surface area contributed by atoms with Gasteiger partial charge in [0.1, 0.15) is 0 Å². The molecule has 0 saturated heterocycles. The Hall–Kier alpha value is -1.34. The predicted molar refractivity (Wildman–Crippen MR) is 70.8 cm³/mol. The van der Waals surface area contributed by atoms with Gasteiger partial charge in [0.15, 0.2) is 11.5 Å². The minimum Gasteiger partial charge on any atom is -0.503 e. The number of carbonyl (C=O) groups is 1. The Morgan fingerprint density at radius 3 is 2.74 bits per heavy atom. The van der Waals surface area contributed by atoms with Crippen molar-refractivity contribution in [2.45, 2.75) is 19.1 Å². The minimum absolute atomic E-state index is 0.0779. The number of ether oxygens (including phenoxy) is 2. The smallest absolute Gasteiger partial charge is 0.342 e. The summed E-state index contributed by atoms with van der Waals surface area (Å²) in [4.78, 5) is 11.3. The van der Waals surface area contributed by atoms with E-state index in [9.17, 15) is 14.3 Å². The van der Waals surface area contributed by atoms with Gasteiger partial charge in [-0.3, -0.25) is 0 Å². The topological polar surface area (TPSA) is 81.8 Å². The molecule has 1 unspecified atom stereocenters. The Labute approximate surface area is 118 Å². The van der Waals surface area contributed by atoms with Gasteiger partial charge in [-0.15, -0.1) is 0 Å². The molecule has 0 amide bonds. The first-order valence-electron chi connectivity index (χ1n) is 5.55. The molecule has 0 radical (unpaired) electrons. The first kappa shape index (κ1) is 15.7. The van der Waals surface area contributed by atoms with E-state index in [1.807, 2.05) is 0 Å². The van der Waals surface area contributed by atoms with Gasteiger partial charge in [0.05, 0.1) is 24.2 Å². The second-order valence-corrected chi connectivity index (χ2v) is 4.59. The highest BCUT2D eigenvalue weighted by Gasteiger charge is 2.29. The molecule has 1 rings (SSSR count). The number of alkyl halides is 1. The number of halogens is 2. The maximum atomic E-state index is 13.8. The fraction of sp³-hybridized carbons (Fsp3) is 0.417. The molecular weight excluding hydrogens is 321 g/mol. The van der Waals surface area contributed by atoms with Gasteiger partial charge in [-0.2, -0.15) is 0 Å². The van der Waals surface area contributed by atoms with Crippen molar-refractivity contribution >= 4 is 21.9 Å². The van der Waals surface area contributed by atoms with E-state index >= 15 is 0 Å². The fourth-order valence-corrected chi connectivity index (χ4v) is 1.94. The second-order valence-electron chi connectivity index (χ2n) is 3.73. The molecular formula is C12H15BrFNO4. The standard InChI is InChI=1S/C12H15BrFNO4/c1-3-19-12(17)9(14)10(15)6-4-7(13)11(16)8(5-6)18-2/h4-5,9-10,16H,3,15H2,1-2H3/t9?,10-/m0/s1. The van der Waals surface area contributed by atoms with Gasteiger partial charge in [0.25, 0.3) is 0 Å². The minimum atomic E-state index is -1.99. The summed E-state index contributed by atoms with van der Waals surface area (Å²) in [6, 6.07) is 1.59. The predicted octanol–water partition coefficient (Wildman–Crippen LogP) is 2.06. The molecule has 0 aliphatic heterocycles. The number of hydrogen-bond acceptors (Lipinski definition) is 5. The van der Waals surface area contributed by atoms with Crippen LogP contribution >= 0.6 is 15.9 Å². The maximum absolute atomic E-state index is 13.8. The highest BCUT2D eigenvalue weighted by atomic mass is 79.9. The van der Waals surface area contributed by atoms with Crippen molar-refractivity contribution in [3.63, 3.8) is 0 Å². The summed E-state index contributed by atoms with van der Waals surface area (Å²) in [5, 5.41) is 9.64. The van der Waals surface area contributed by atoms with Crippen molar-refractivity contribution in [2.24, 2.45) is 5.73 Å². The van der Waals surface area contributed by atoms with Crippen molar-refractivity contribution in [3.05, 3.63) is 22.2 Å². The molecule has 0 heterocycles. The van der Waals surface area contributed by atoms with Gasteiger partial charge in [-0.1, -0.05) is 0 Å². The molecule has 1 aromatic rings. The molecule has 2 atom stereocenters. The molecule has 3 N–H and O–H groups in total. The molecule has 0 bridgehead atoms. The van der Waals surface area contributed by atoms with Gasteiger partial charge in [-0.05, 0) is 40.5 Å². The molecule has 106 valence electrons. The largest absolute Gasteiger partial charge is 0.503 e. The SMILES string of the molecule is CCOC(=O)C(F)[C@@H](N)c1cc(Br)c(O)c(OC)c1. The Morgan fingerprint density at radius 1 is 1.58 bits per heavy atom. The van der Waals surface area contributed by atoms with Crippen molar-refractivity contribution in [1.82, 2.24) is 0 Å². The lowest BCUT2D eigenvalue weighted by Gasteiger charge is -2.17. The number of esters is 1. The average Bonchev–Trinajstić information content (AvgIpc) is 2.40. The lowest BCUT2D eigenvalue weighted by atomic mass is 10.0. The van der Waals surface area contributed by atoms with Gasteiger partial charge in [0, 0.05) is 0 Å². The first-order valence-corrected chi connectivity index (χ1v) is 6.34. The highest BCUT2D eigenvalue weighted by molar-refractivity contribution is 9.10. The Bertz CT molecular complexity index is 469. The van der Waals surface area contributed by atoms with Crippen LogP contribution in [0, 0.1) is 0 Å². The lowest BCUT2D eigenvalue weighted by molar-refractivity contribution is -0.149. The molecule has 0 aliphatic carbocycles. The number of rotatable bonds is 5. The van der Waals surface area contributed by atoms with Crippen molar-refractivity contribution < 1.29 is 23.8 Å². The number of methoxy groups -OCH3 is 1. The van der Waals surface area contributed by atoms with E-state index in [0.717, 1.165) is 0 Å². The van der Waals surface area contributed by atoms with E-state index in [1.165, 1.54) is 19.2 Å². The van der Waals surface area contributed by atoms with Crippen LogP contribution in [0.5, 0.6) is 11.5 Å². The highest BCUT2D eigenvalue weighted by Crippen LogP contribution is 2.37. The molecule has 0 saturated carbocycles. The van der Waals surface area contributed by atoms with Gasteiger partial charge in [0.2, 0.25) is 6.17 Å². The Balaban J connectivity index is 3.02. The van der Waals surface area contributed by atoms with Crippen molar-refractivity contribution in [1.29, 1.82) is 0 Å². The van der Waals surface area contributed by atoms with E-state index < -0.39 is 18.2 Å². The monoisotopic (exact) mass is 335 g/mol. The van der Waals surface area contributed by atoms with Crippen LogP contribution in [0.4, 0.5) is 4.39 Å². The van der Waals surface area contributed by atoms with E-state index in [4.69, 9.17) is 10.5 Å². The third kappa shape index (κ3) is 3.57. The number of phenols is 1. The van der Waals surface area contributed by atoms with Crippen molar-refractivity contribution in [2.75, 3.05) is 13.7 Å². The lowest BCUT2D eigenvalue weighted by Crippen LogP contribution is -2.31. The van der Waals surface area contributed by atoms with Crippen LogP contribution in [-0.2, 0) is 9.53 Å². The molecule has 5 nitrogen and oxygen atoms in total. The number of aromatic hydroxyl groups is 1. The molecule has 7 heteroatoms. The zero-order valence-corrected chi connectivity index (χ0v) is 12.1. The average molecular weight is 336 g/mol. The van der Waals surface area contributed by atoms with Crippen LogP contribution in [0.1, 0.15) is 18.5 Å². The van der Waals surface area contributed by atoms with Gasteiger partial charge < -0.3 is 20.3 Å². The van der Waals surface area contributed by atoms with E-state index in [0.29, 0.717) is 10.0 Å². The van der Waals surface area contributed by atoms with E-state index in [2.05, 4.69) is 20.7 Å².